The van der Waals surface area contributed by atoms with Crippen LogP contribution in [-0.4, -0.2) is 52.3 Å². The molecule has 2 aromatic rings. The molecule has 0 atom stereocenters. The molecule has 1 aliphatic heterocycles. The summed E-state index contributed by atoms with van der Waals surface area (Å²) in [7, 11) is 0. The normalized spacial score (nSPS) is 16.7. The van der Waals surface area contributed by atoms with Gasteiger partial charge in [-0.05, 0) is 31.0 Å². The number of piperazine rings is 1. The molecule has 0 bridgehead atoms. The Morgan fingerprint density at radius 1 is 1.29 bits per heavy atom. The Labute approximate surface area is 125 Å². The third kappa shape index (κ3) is 3.26. The summed E-state index contributed by atoms with van der Waals surface area (Å²) < 4.78 is 2.27. The van der Waals surface area contributed by atoms with Gasteiger partial charge in [-0.2, -0.15) is 0 Å². The first-order valence-electron chi connectivity index (χ1n) is 7.77. The molecule has 5 nitrogen and oxygen atoms in total. The van der Waals surface area contributed by atoms with Crippen LogP contribution in [0.3, 0.4) is 0 Å². The van der Waals surface area contributed by atoms with Gasteiger partial charge in [-0.25, -0.2) is 4.98 Å². The monoisotopic (exact) mass is 288 g/mol. The van der Waals surface area contributed by atoms with Crippen LogP contribution in [0, 0.1) is 6.92 Å². The van der Waals surface area contributed by atoms with Crippen molar-refractivity contribution in [3.63, 3.8) is 0 Å². The predicted octanol–water partition coefficient (Wildman–Crippen LogP) is 1.13. The minimum absolute atomic E-state index is 0.221. The van der Waals surface area contributed by atoms with Crippen LogP contribution in [0.4, 0.5) is 0 Å². The fourth-order valence-corrected chi connectivity index (χ4v) is 2.96. The minimum atomic E-state index is 0.221. The quantitative estimate of drug-likeness (QED) is 0.866. The summed E-state index contributed by atoms with van der Waals surface area (Å²) in [4.78, 5) is 7.28. The number of aliphatic hydroxyl groups is 1. The second-order valence-electron chi connectivity index (χ2n) is 5.78. The fourth-order valence-electron chi connectivity index (χ4n) is 2.96. The zero-order chi connectivity index (χ0) is 14.7. The number of rotatable bonds is 5. The van der Waals surface area contributed by atoms with Crippen molar-refractivity contribution in [2.75, 3.05) is 32.8 Å². The van der Waals surface area contributed by atoms with Crippen molar-refractivity contribution in [3.8, 4) is 0 Å². The van der Waals surface area contributed by atoms with Gasteiger partial charge >= 0.3 is 0 Å². The van der Waals surface area contributed by atoms with Gasteiger partial charge in [-0.15, -0.1) is 0 Å². The van der Waals surface area contributed by atoms with Crippen LogP contribution >= 0.6 is 0 Å². The van der Waals surface area contributed by atoms with Crippen LogP contribution in [0.5, 0.6) is 0 Å². The van der Waals surface area contributed by atoms with Crippen molar-refractivity contribution in [1.82, 2.24) is 19.8 Å². The summed E-state index contributed by atoms with van der Waals surface area (Å²) >= 11 is 0. The molecule has 1 aromatic carbocycles. The second-order valence-corrected chi connectivity index (χ2v) is 5.78. The molecule has 1 aromatic heterocycles. The first-order valence-corrected chi connectivity index (χ1v) is 7.77. The molecule has 1 aliphatic rings. The molecule has 0 amide bonds. The maximum absolute atomic E-state index is 9.14. The molecule has 0 unspecified atom stereocenters. The van der Waals surface area contributed by atoms with Gasteiger partial charge in [-0.3, -0.25) is 4.90 Å². The molecular formula is C16H24N4O. The van der Waals surface area contributed by atoms with E-state index in [4.69, 9.17) is 10.1 Å². The highest BCUT2D eigenvalue weighted by molar-refractivity contribution is 5.76. The molecule has 1 fully saturated rings. The van der Waals surface area contributed by atoms with E-state index in [0.717, 1.165) is 57.0 Å². The molecule has 1 saturated heterocycles. The van der Waals surface area contributed by atoms with Gasteiger partial charge in [0.1, 0.15) is 5.82 Å². The van der Waals surface area contributed by atoms with Gasteiger partial charge in [0.2, 0.25) is 0 Å². The van der Waals surface area contributed by atoms with Crippen molar-refractivity contribution in [1.29, 1.82) is 0 Å². The van der Waals surface area contributed by atoms with Crippen molar-refractivity contribution in [2.24, 2.45) is 0 Å². The molecule has 0 radical (unpaired) electrons. The fraction of sp³-hybridized carbons (Fsp3) is 0.562. The largest absolute Gasteiger partial charge is 0.396 e. The number of hydrogen-bond donors (Lipinski definition) is 2. The van der Waals surface area contributed by atoms with Crippen molar-refractivity contribution in [3.05, 3.63) is 29.6 Å². The van der Waals surface area contributed by atoms with Gasteiger partial charge in [0, 0.05) is 39.3 Å². The van der Waals surface area contributed by atoms with E-state index in [2.05, 4.69) is 39.9 Å². The van der Waals surface area contributed by atoms with E-state index in [-0.39, 0.29) is 6.61 Å². The molecule has 3 rings (SSSR count). The Kier molecular flexibility index (Phi) is 4.53. The van der Waals surface area contributed by atoms with Crippen LogP contribution in [0.15, 0.2) is 18.2 Å². The van der Waals surface area contributed by atoms with Crippen molar-refractivity contribution < 1.29 is 5.11 Å². The predicted molar refractivity (Wildman–Crippen MR) is 84.3 cm³/mol. The SMILES string of the molecule is Cc1ccc2c(c1)nc(CN1CCNCC1)n2CCCO. The lowest BCUT2D eigenvalue weighted by Gasteiger charge is -2.27. The van der Waals surface area contributed by atoms with E-state index in [1.54, 1.807) is 0 Å². The van der Waals surface area contributed by atoms with Gasteiger partial charge in [0.25, 0.3) is 0 Å². The number of nitrogens with one attached hydrogen (secondary N) is 1. The maximum Gasteiger partial charge on any atom is 0.124 e. The lowest BCUT2D eigenvalue weighted by Crippen LogP contribution is -2.43. The number of aryl methyl sites for hydroxylation is 2. The van der Waals surface area contributed by atoms with Gasteiger partial charge in [-0.1, -0.05) is 6.07 Å². The maximum atomic E-state index is 9.14. The number of aromatic nitrogens is 2. The number of benzene rings is 1. The lowest BCUT2D eigenvalue weighted by molar-refractivity contribution is 0.224. The van der Waals surface area contributed by atoms with Gasteiger partial charge in [0.15, 0.2) is 0 Å². The molecule has 0 aliphatic carbocycles. The summed E-state index contributed by atoms with van der Waals surface area (Å²) in [6.45, 7) is 8.29. The van der Waals surface area contributed by atoms with Crippen LogP contribution in [0.1, 0.15) is 17.8 Å². The van der Waals surface area contributed by atoms with Gasteiger partial charge in [0.05, 0.1) is 17.6 Å². The van der Waals surface area contributed by atoms with E-state index in [1.807, 2.05) is 0 Å². The molecule has 114 valence electrons. The summed E-state index contributed by atoms with van der Waals surface area (Å²) in [6, 6.07) is 6.43. The Hall–Kier alpha value is -1.43. The standard InChI is InChI=1S/C16H24N4O/c1-13-3-4-15-14(11-13)18-16(20(15)7-2-10-21)12-19-8-5-17-6-9-19/h3-4,11,17,21H,2,5-10,12H2,1H3. The Balaban J connectivity index is 1.90. The smallest absolute Gasteiger partial charge is 0.124 e. The molecular weight excluding hydrogens is 264 g/mol. The highest BCUT2D eigenvalue weighted by Gasteiger charge is 2.16. The van der Waals surface area contributed by atoms with Crippen LogP contribution in [0.2, 0.25) is 0 Å². The Morgan fingerprint density at radius 3 is 2.86 bits per heavy atom. The van der Waals surface area contributed by atoms with Gasteiger partial charge < -0.3 is 15.0 Å². The second kappa shape index (κ2) is 6.56. The third-order valence-electron chi connectivity index (χ3n) is 4.10. The zero-order valence-corrected chi connectivity index (χ0v) is 12.7. The lowest BCUT2D eigenvalue weighted by atomic mass is 10.2. The van der Waals surface area contributed by atoms with E-state index >= 15 is 0 Å². The topological polar surface area (TPSA) is 53.3 Å². The van der Waals surface area contributed by atoms with E-state index < -0.39 is 0 Å². The van der Waals surface area contributed by atoms with Crippen LogP contribution in [0.25, 0.3) is 11.0 Å². The third-order valence-corrected chi connectivity index (χ3v) is 4.10. The molecule has 0 saturated carbocycles. The molecule has 2 heterocycles. The van der Waals surface area contributed by atoms with E-state index in [0.29, 0.717) is 0 Å². The van der Waals surface area contributed by atoms with E-state index in [1.165, 1.54) is 11.1 Å². The van der Waals surface area contributed by atoms with E-state index in [9.17, 15) is 0 Å². The number of fused-ring (bicyclic) bond motifs is 1. The highest BCUT2D eigenvalue weighted by atomic mass is 16.3. The molecule has 2 N–H and O–H groups in total. The average Bonchev–Trinajstić information content (AvgIpc) is 2.82. The molecule has 0 spiro atoms. The zero-order valence-electron chi connectivity index (χ0n) is 12.7. The Morgan fingerprint density at radius 2 is 2.10 bits per heavy atom. The van der Waals surface area contributed by atoms with Crippen LogP contribution in [-0.2, 0) is 13.1 Å². The summed E-state index contributed by atoms with van der Waals surface area (Å²) in [6.07, 6.45) is 0.772. The summed E-state index contributed by atoms with van der Waals surface area (Å²) in [5.74, 6) is 1.12. The first kappa shape index (κ1) is 14.5. The number of nitrogens with zero attached hydrogens (tertiary/aromatic N) is 3. The first-order chi connectivity index (χ1) is 10.3. The molecule has 5 heteroatoms. The van der Waals surface area contributed by atoms with Crippen LogP contribution < -0.4 is 5.32 Å². The van der Waals surface area contributed by atoms with Crippen molar-refractivity contribution >= 4 is 11.0 Å². The summed E-state index contributed by atoms with van der Waals surface area (Å²) in [5, 5.41) is 12.5. The summed E-state index contributed by atoms with van der Waals surface area (Å²) in [5.41, 5.74) is 3.49. The van der Waals surface area contributed by atoms with Crippen molar-refractivity contribution in [2.45, 2.75) is 26.4 Å². The highest BCUT2D eigenvalue weighted by Crippen LogP contribution is 2.19. The minimum Gasteiger partial charge on any atom is -0.396 e. The number of aliphatic hydroxyl groups excluding tert-OH is 1. The molecule has 21 heavy (non-hydrogen) atoms. The number of hydrogen-bond acceptors (Lipinski definition) is 4. The Bertz CT molecular complexity index is 602. The number of imidazole rings is 1. The average molecular weight is 288 g/mol.